The van der Waals surface area contributed by atoms with Crippen LogP contribution >= 0.6 is 11.3 Å². The van der Waals surface area contributed by atoms with Crippen LogP contribution < -0.4 is 16.0 Å². The normalized spacial score (nSPS) is 10.2. The summed E-state index contributed by atoms with van der Waals surface area (Å²) >= 11 is 1.40. The minimum atomic E-state index is -0.384. The average molecular weight is 277 g/mol. The molecule has 5 nitrogen and oxygen atoms in total. The Morgan fingerprint density at radius 2 is 2.16 bits per heavy atom. The summed E-state index contributed by atoms with van der Waals surface area (Å²) in [5.41, 5.74) is 3.34. The Morgan fingerprint density at radius 3 is 2.79 bits per heavy atom. The first-order valence-electron chi connectivity index (χ1n) is 5.94. The highest BCUT2D eigenvalue weighted by Gasteiger charge is 2.10. The Bertz CT molecular complexity index is 551. The summed E-state index contributed by atoms with van der Waals surface area (Å²) in [7, 11) is 0. The van der Waals surface area contributed by atoms with Crippen LogP contribution in [0.4, 0.5) is 0 Å². The molecule has 1 amide bonds. The minimum absolute atomic E-state index is 0.328. The summed E-state index contributed by atoms with van der Waals surface area (Å²) in [6.07, 6.45) is 0.978. The zero-order chi connectivity index (χ0) is 13.7. The number of hydrogen-bond donors (Lipinski definition) is 2. The lowest BCUT2D eigenvalue weighted by Crippen LogP contribution is -2.30. The van der Waals surface area contributed by atoms with Gasteiger partial charge >= 0.3 is 0 Å². The van der Waals surface area contributed by atoms with Crippen molar-refractivity contribution in [1.82, 2.24) is 10.4 Å². The number of benzene rings is 1. The lowest BCUT2D eigenvalue weighted by Gasteiger charge is -2.04. The second kappa shape index (κ2) is 6.31. The van der Waals surface area contributed by atoms with Crippen LogP contribution in [0.3, 0.4) is 0 Å². The third kappa shape index (κ3) is 3.30. The molecule has 19 heavy (non-hydrogen) atoms. The Kier molecular flexibility index (Phi) is 4.48. The number of nitrogens with two attached hydrogens (primary N) is 1. The van der Waals surface area contributed by atoms with Crippen molar-refractivity contribution in [2.75, 3.05) is 6.61 Å². The van der Waals surface area contributed by atoms with E-state index < -0.39 is 0 Å². The van der Waals surface area contributed by atoms with Crippen molar-refractivity contribution in [3.05, 3.63) is 35.3 Å². The predicted molar refractivity (Wildman–Crippen MR) is 75.0 cm³/mol. The number of rotatable bonds is 5. The molecule has 0 atom stereocenters. The van der Waals surface area contributed by atoms with Gasteiger partial charge in [0.1, 0.15) is 16.5 Å². The highest BCUT2D eigenvalue weighted by Crippen LogP contribution is 2.25. The van der Waals surface area contributed by atoms with Crippen LogP contribution in [0.5, 0.6) is 5.75 Å². The van der Waals surface area contributed by atoms with Gasteiger partial charge in [-0.05, 0) is 30.7 Å². The van der Waals surface area contributed by atoms with Gasteiger partial charge in [0, 0.05) is 10.9 Å². The van der Waals surface area contributed by atoms with Crippen LogP contribution in [0, 0.1) is 0 Å². The number of ether oxygens (including phenoxy) is 1. The van der Waals surface area contributed by atoms with E-state index in [0.717, 1.165) is 22.7 Å². The number of aromatic nitrogens is 1. The smallest absolute Gasteiger partial charge is 0.284 e. The van der Waals surface area contributed by atoms with E-state index in [-0.39, 0.29) is 5.91 Å². The maximum atomic E-state index is 11.3. The Hall–Kier alpha value is -1.92. The topological polar surface area (TPSA) is 77.2 Å². The van der Waals surface area contributed by atoms with Crippen molar-refractivity contribution in [3.8, 4) is 16.3 Å². The quantitative estimate of drug-likeness (QED) is 0.499. The average Bonchev–Trinajstić information content (AvgIpc) is 2.94. The van der Waals surface area contributed by atoms with Crippen LogP contribution in [0.2, 0.25) is 0 Å². The molecule has 6 heteroatoms. The van der Waals surface area contributed by atoms with E-state index in [1.165, 1.54) is 11.3 Å². The minimum Gasteiger partial charge on any atom is -0.494 e. The molecule has 0 unspecified atom stereocenters. The summed E-state index contributed by atoms with van der Waals surface area (Å²) in [4.78, 5) is 15.5. The van der Waals surface area contributed by atoms with Crippen LogP contribution in [-0.4, -0.2) is 17.5 Å². The first-order chi connectivity index (χ1) is 9.24. The van der Waals surface area contributed by atoms with Gasteiger partial charge in [0.2, 0.25) is 0 Å². The third-order valence-electron chi connectivity index (χ3n) is 2.44. The molecule has 0 bridgehead atoms. The van der Waals surface area contributed by atoms with Crippen molar-refractivity contribution in [2.45, 2.75) is 13.3 Å². The van der Waals surface area contributed by atoms with Gasteiger partial charge in [0.25, 0.3) is 5.91 Å². The van der Waals surface area contributed by atoms with Crippen LogP contribution in [-0.2, 0) is 0 Å². The van der Waals surface area contributed by atoms with Gasteiger partial charge in [-0.25, -0.2) is 10.8 Å². The molecule has 0 fully saturated rings. The van der Waals surface area contributed by atoms with E-state index in [9.17, 15) is 4.79 Å². The zero-order valence-electron chi connectivity index (χ0n) is 10.6. The van der Waals surface area contributed by atoms with Gasteiger partial charge in [-0.2, -0.15) is 0 Å². The number of carbonyl (C=O) groups excluding carboxylic acids is 1. The molecule has 1 heterocycles. The number of nitrogens with one attached hydrogen (secondary N) is 1. The second-order valence-corrected chi connectivity index (χ2v) is 4.74. The maximum absolute atomic E-state index is 11.3. The van der Waals surface area contributed by atoms with Gasteiger partial charge in [-0.15, -0.1) is 11.3 Å². The Morgan fingerprint density at radius 1 is 1.42 bits per heavy atom. The lowest BCUT2D eigenvalue weighted by molar-refractivity contribution is 0.0949. The van der Waals surface area contributed by atoms with Gasteiger partial charge in [-0.3, -0.25) is 10.2 Å². The second-order valence-electron chi connectivity index (χ2n) is 3.88. The van der Waals surface area contributed by atoms with Crippen molar-refractivity contribution in [3.63, 3.8) is 0 Å². The van der Waals surface area contributed by atoms with Gasteiger partial charge < -0.3 is 4.74 Å². The summed E-state index contributed by atoms with van der Waals surface area (Å²) < 4.78 is 5.51. The number of nitrogen functional groups attached to an aromatic ring is 1. The molecule has 0 spiro atoms. The molecule has 2 rings (SSSR count). The third-order valence-corrected chi connectivity index (χ3v) is 3.33. The van der Waals surface area contributed by atoms with Crippen LogP contribution in [0.15, 0.2) is 29.6 Å². The number of hydrazine groups is 1. The van der Waals surface area contributed by atoms with E-state index >= 15 is 0 Å². The van der Waals surface area contributed by atoms with E-state index in [0.29, 0.717) is 12.3 Å². The SMILES string of the molecule is CCCOc1ccc(-c2nc(C(=O)NN)cs2)cc1. The number of amides is 1. The number of nitrogens with zero attached hydrogens (tertiary/aromatic N) is 1. The highest BCUT2D eigenvalue weighted by molar-refractivity contribution is 7.13. The molecule has 0 aliphatic heterocycles. The fourth-order valence-electron chi connectivity index (χ4n) is 1.50. The summed E-state index contributed by atoms with van der Waals surface area (Å²) in [6.45, 7) is 2.77. The van der Waals surface area contributed by atoms with E-state index in [2.05, 4.69) is 17.3 Å². The van der Waals surface area contributed by atoms with E-state index in [1.54, 1.807) is 5.38 Å². The fourth-order valence-corrected chi connectivity index (χ4v) is 2.30. The largest absolute Gasteiger partial charge is 0.494 e. The first-order valence-corrected chi connectivity index (χ1v) is 6.82. The molecule has 0 saturated heterocycles. The zero-order valence-corrected chi connectivity index (χ0v) is 11.4. The van der Waals surface area contributed by atoms with Gasteiger partial charge in [0.15, 0.2) is 0 Å². The van der Waals surface area contributed by atoms with Crippen LogP contribution in [0.1, 0.15) is 23.8 Å². The molecular weight excluding hydrogens is 262 g/mol. The van der Waals surface area contributed by atoms with Crippen molar-refractivity contribution < 1.29 is 9.53 Å². The lowest BCUT2D eigenvalue weighted by atomic mass is 10.2. The molecule has 0 aliphatic carbocycles. The monoisotopic (exact) mass is 277 g/mol. The molecule has 1 aromatic carbocycles. The molecule has 3 N–H and O–H groups in total. The summed E-state index contributed by atoms with van der Waals surface area (Å²) in [5.74, 6) is 5.52. The highest BCUT2D eigenvalue weighted by atomic mass is 32.1. The van der Waals surface area contributed by atoms with Crippen molar-refractivity contribution in [2.24, 2.45) is 5.84 Å². The number of thiazole rings is 1. The molecule has 0 saturated carbocycles. The maximum Gasteiger partial charge on any atom is 0.284 e. The fraction of sp³-hybridized carbons (Fsp3) is 0.231. The first kappa shape index (κ1) is 13.5. The van der Waals surface area contributed by atoms with E-state index in [1.807, 2.05) is 24.3 Å². The molecule has 0 radical (unpaired) electrons. The Balaban J connectivity index is 2.13. The van der Waals surface area contributed by atoms with Crippen molar-refractivity contribution in [1.29, 1.82) is 0 Å². The predicted octanol–water partition coefficient (Wildman–Crippen LogP) is 2.20. The van der Waals surface area contributed by atoms with Gasteiger partial charge in [-0.1, -0.05) is 6.92 Å². The molecular formula is C13H15N3O2S. The standard InChI is InChI=1S/C13H15N3O2S/c1-2-7-18-10-5-3-9(4-6-10)13-15-11(8-19-13)12(17)16-14/h3-6,8H,2,7,14H2,1H3,(H,16,17). The summed E-state index contributed by atoms with van der Waals surface area (Å²) in [5, 5.41) is 2.46. The number of hydrogen-bond acceptors (Lipinski definition) is 5. The van der Waals surface area contributed by atoms with Crippen molar-refractivity contribution >= 4 is 17.2 Å². The Labute approximate surface area is 115 Å². The summed E-state index contributed by atoms with van der Waals surface area (Å²) in [6, 6.07) is 7.64. The molecule has 0 aliphatic rings. The van der Waals surface area contributed by atoms with E-state index in [4.69, 9.17) is 10.6 Å². The molecule has 1 aromatic heterocycles. The number of carbonyl (C=O) groups is 1. The molecule has 2 aromatic rings. The van der Waals surface area contributed by atoms with Gasteiger partial charge in [0.05, 0.1) is 6.61 Å². The van der Waals surface area contributed by atoms with Crippen LogP contribution in [0.25, 0.3) is 10.6 Å². The molecule has 100 valence electrons.